The van der Waals surface area contributed by atoms with E-state index in [-0.39, 0.29) is 5.91 Å². The Morgan fingerprint density at radius 1 is 1.53 bits per heavy atom. The van der Waals surface area contributed by atoms with Gasteiger partial charge in [0.05, 0.1) is 5.02 Å². The van der Waals surface area contributed by atoms with Gasteiger partial charge in [0.2, 0.25) is 0 Å². The van der Waals surface area contributed by atoms with Gasteiger partial charge in [0.25, 0.3) is 5.91 Å². The van der Waals surface area contributed by atoms with Crippen LogP contribution in [0.3, 0.4) is 0 Å². The summed E-state index contributed by atoms with van der Waals surface area (Å²) in [5.74, 6) is 0.572. The summed E-state index contributed by atoms with van der Waals surface area (Å²) in [6.45, 7) is 3.79. The van der Waals surface area contributed by atoms with Crippen molar-refractivity contribution in [3.05, 3.63) is 33.4 Å². The van der Waals surface area contributed by atoms with Gasteiger partial charge in [-0.15, -0.1) is 0 Å². The highest BCUT2D eigenvalue weighted by Gasteiger charge is 2.27. The zero-order chi connectivity index (χ0) is 13.6. The number of nitrogens with one attached hydrogen (secondary N) is 1. The van der Waals surface area contributed by atoms with Crippen molar-refractivity contribution in [3.63, 3.8) is 0 Å². The summed E-state index contributed by atoms with van der Waals surface area (Å²) in [5, 5.41) is 1.40. The van der Waals surface area contributed by atoms with E-state index in [9.17, 15) is 4.79 Å². The molecule has 0 aliphatic carbocycles. The van der Waals surface area contributed by atoms with E-state index in [1.807, 2.05) is 23.1 Å². The minimum atomic E-state index is 0.00155. The van der Waals surface area contributed by atoms with Gasteiger partial charge in [-0.05, 0) is 30.5 Å². The van der Waals surface area contributed by atoms with E-state index in [0.717, 1.165) is 34.9 Å². The number of benzene rings is 1. The molecule has 2 heterocycles. The maximum Gasteiger partial charge on any atom is 0.271 e. The van der Waals surface area contributed by atoms with Crippen LogP contribution in [-0.4, -0.2) is 28.9 Å². The Morgan fingerprint density at radius 2 is 2.32 bits per heavy atom. The molecule has 0 spiro atoms. The Morgan fingerprint density at radius 3 is 3.00 bits per heavy atom. The number of H-pyrrole nitrogens is 1. The van der Waals surface area contributed by atoms with Gasteiger partial charge in [0.15, 0.2) is 0 Å². The minimum Gasteiger partial charge on any atom is -0.349 e. The summed E-state index contributed by atoms with van der Waals surface area (Å²) in [5.41, 5.74) is 1.40. The number of hydrogen-bond acceptors (Lipinski definition) is 1. The normalized spacial score (nSPS) is 19.3. The van der Waals surface area contributed by atoms with Gasteiger partial charge in [-0.2, -0.15) is 0 Å². The van der Waals surface area contributed by atoms with Gasteiger partial charge in [-0.25, -0.2) is 0 Å². The molecule has 5 heteroatoms. The number of likely N-dealkylation sites (tertiary alicyclic amines) is 1. The predicted molar refractivity (Wildman–Crippen MR) is 80.7 cm³/mol. The second kappa shape index (κ2) is 4.84. The van der Waals surface area contributed by atoms with Crippen LogP contribution in [-0.2, 0) is 0 Å². The molecule has 1 aromatic carbocycles. The monoisotopic (exact) mass is 340 g/mol. The van der Waals surface area contributed by atoms with Crippen LogP contribution in [0.5, 0.6) is 0 Å². The molecule has 3 nitrogen and oxygen atoms in total. The van der Waals surface area contributed by atoms with E-state index in [1.165, 1.54) is 0 Å². The van der Waals surface area contributed by atoms with Crippen LogP contribution in [0.15, 0.2) is 22.7 Å². The highest BCUT2D eigenvalue weighted by molar-refractivity contribution is 9.10. The maximum atomic E-state index is 12.5. The SMILES string of the molecule is C[C@H]1CCN(C(=O)c2[nH]c3ccc(Br)cc3c2Cl)C1. The lowest BCUT2D eigenvalue weighted by molar-refractivity contribution is 0.0783. The lowest BCUT2D eigenvalue weighted by Gasteiger charge is -2.14. The van der Waals surface area contributed by atoms with Crippen molar-refractivity contribution in [3.8, 4) is 0 Å². The molecule has 1 saturated heterocycles. The summed E-state index contributed by atoms with van der Waals surface area (Å²) >= 11 is 9.76. The van der Waals surface area contributed by atoms with Crippen molar-refractivity contribution in [1.82, 2.24) is 9.88 Å². The molecule has 2 aromatic rings. The zero-order valence-corrected chi connectivity index (χ0v) is 12.9. The summed E-state index contributed by atoms with van der Waals surface area (Å²) < 4.78 is 0.953. The third-order valence-corrected chi connectivity index (χ3v) is 4.51. The van der Waals surface area contributed by atoms with Crippen LogP contribution in [0.2, 0.25) is 5.02 Å². The smallest absolute Gasteiger partial charge is 0.271 e. The van der Waals surface area contributed by atoms with Gasteiger partial charge in [-0.3, -0.25) is 4.79 Å². The highest BCUT2D eigenvalue weighted by atomic mass is 79.9. The Hall–Kier alpha value is -1.000. The lowest BCUT2D eigenvalue weighted by atomic mass is 10.2. The molecule has 1 atom stereocenters. The Balaban J connectivity index is 2.01. The number of carbonyl (C=O) groups is 1. The first-order chi connectivity index (χ1) is 9.06. The number of nitrogens with zero attached hydrogens (tertiary/aromatic N) is 1. The van der Waals surface area contributed by atoms with E-state index < -0.39 is 0 Å². The molecular formula is C14H14BrClN2O. The van der Waals surface area contributed by atoms with E-state index in [1.54, 1.807) is 0 Å². The zero-order valence-electron chi connectivity index (χ0n) is 10.5. The average molecular weight is 342 g/mol. The van der Waals surface area contributed by atoms with Gasteiger partial charge in [0, 0.05) is 28.5 Å². The van der Waals surface area contributed by atoms with Crippen LogP contribution in [0.4, 0.5) is 0 Å². The number of rotatable bonds is 1. The van der Waals surface area contributed by atoms with E-state index in [4.69, 9.17) is 11.6 Å². The Kier molecular flexibility index (Phi) is 3.31. The van der Waals surface area contributed by atoms with Crippen LogP contribution >= 0.6 is 27.5 Å². The first-order valence-corrected chi connectivity index (χ1v) is 7.49. The lowest BCUT2D eigenvalue weighted by Crippen LogP contribution is -2.28. The molecule has 1 aliphatic heterocycles. The van der Waals surface area contributed by atoms with Crippen LogP contribution in [0.25, 0.3) is 10.9 Å². The fraction of sp³-hybridized carbons (Fsp3) is 0.357. The molecule has 0 radical (unpaired) electrons. The van der Waals surface area contributed by atoms with Crippen molar-refractivity contribution in [2.24, 2.45) is 5.92 Å². The molecule has 19 heavy (non-hydrogen) atoms. The molecule has 1 aromatic heterocycles. The molecule has 3 rings (SSSR count). The van der Waals surface area contributed by atoms with Gasteiger partial charge >= 0.3 is 0 Å². The van der Waals surface area contributed by atoms with Gasteiger partial charge < -0.3 is 9.88 Å². The standard InChI is InChI=1S/C14H14BrClN2O/c1-8-4-5-18(7-8)14(19)13-12(16)10-6-9(15)2-3-11(10)17-13/h2-3,6,8,17H,4-5,7H2,1H3/t8-/m0/s1. The van der Waals surface area contributed by atoms with E-state index >= 15 is 0 Å². The van der Waals surface area contributed by atoms with Crippen molar-refractivity contribution >= 4 is 44.3 Å². The first-order valence-electron chi connectivity index (χ1n) is 6.32. The van der Waals surface area contributed by atoms with Crippen molar-refractivity contribution in [2.75, 3.05) is 13.1 Å². The van der Waals surface area contributed by atoms with Crippen LogP contribution in [0.1, 0.15) is 23.8 Å². The molecule has 1 N–H and O–H groups in total. The number of aromatic amines is 1. The fourth-order valence-electron chi connectivity index (χ4n) is 2.56. The Bertz CT molecular complexity index is 652. The second-order valence-corrected chi connectivity index (χ2v) is 6.44. The molecule has 100 valence electrons. The number of hydrogen-bond donors (Lipinski definition) is 1. The van der Waals surface area contributed by atoms with Crippen LogP contribution < -0.4 is 0 Å². The topological polar surface area (TPSA) is 36.1 Å². The largest absolute Gasteiger partial charge is 0.349 e. The number of carbonyl (C=O) groups excluding carboxylic acids is 1. The number of aromatic nitrogens is 1. The summed E-state index contributed by atoms with van der Waals surface area (Å²) in [6, 6.07) is 5.79. The molecule has 1 aliphatic rings. The third-order valence-electron chi connectivity index (χ3n) is 3.62. The maximum absolute atomic E-state index is 12.5. The second-order valence-electron chi connectivity index (χ2n) is 5.15. The number of fused-ring (bicyclic) bond motifs is 1. The first kappa shape index (κ1) is 13.0. The summed E-state index contributed by atoms with van der Waals surface area (Å²) in [6.07, 6.45) is 1.06. The molecular weight excluding hydrogens is 328 g/mol. The molecule has 0 bridgehead atoms. The molecule has 1 amide bonds. The summed E-state index contributed by atoms with van der Waals surface area (Å²) in [7, 11) is 0. The van der Waals surface area contributed by atoms with Crippen molar-refractivity contribution in [2.45, 2.75) is 13.3 Å². The quantitative estimate of drug-likeness (QED) is 0.834. The third kappa shape index (κ3) is 2.28. The highest BCUT2D eigenvalue weighted by Crippen LogP contribution is 2.31. The van der Waals surface area contributed by atoms with Crippen LogP contribution in [0, 0.1) is 5.92 Å². The van der Waals surface area contributed by atoms with Crippen molar-refractivity contribution < 1.29 is 4.79 Å². The fourth-order valence-corrected chi connectivity index (χ4v) is 3.20. The molecule has 1 fully saturated rings. The molecule has 0 unspecified atom stereocenters. The number of amides is 1. The molecule has 0 saturated carbocycles. The van der Waals surface area contributed by atoms with Gasteiger partial charge in [-0.1, -0.05) is 34.5 Å². The number of halogens is 2. The Labute approximate surface area is 125 Å². The minimum absolute atomic E-state index is 0.00155. The summed E-state index contributed by atoms with van der Waals surface area (Å²) in [4.78, 5) is 17.5. The van der Waals surface area contributed by atoms with Crippen molar-refractivity contribution in [1.29, 1.82) is 0 Å². The average Bonchev–Trinajstić information content (AvgIpc) is 2.94. The van der Waals surface area contributed by atoms with E-state index in [2.05, 4.69) is 27.8 Å². The van der Waals surface area contributed by atoms with Gasteiger partial charge in [0.1, 0.15) is 5.69 Å². The van der Waals surface area contributed by atoms with E-state index in [0.29, 0.717) is 16.6 Å². The predicted octanol–water partition coefficient (Wildman–Crippen LogP) is 4.07.